The van der Waals surface area contributed by atoms with Crippen LogP contribution in [0, 0.1) is 5.92 Å². The first-order chi connectivity index (χ1) is 13.2. The van der Waals surface area contributed by atoms with E-state index in [2.05, 4.69) is 11.0 Å². The van der Waals surface area contributed by atoms with Crippen molar-refractivity contribution < 1.29 is 13.9 Å². The van der Waals surface area contributed by atoms with Crippen molar-refractivity contribution in [3.8, 4) is 5.75 Å². The summed E-state index contributed by atoms with van der Waals surface area (Å²) < 4.78 is 10.8. The van der Waals surface area contributed by atoms with Crippen LogP contribution in [0.25, 0.3) is 6.08 Å². The van der Waals surface area contributed by atoms with Crippen LogP contribution in [0.1, 0.15) is 25.0 Å². The van der Waals surface area contributed by atoms with Gasteiger partial charge in [0, 0.05) is 30.3 Å². The van der Waals surface area contributed by atoms with Crippen molar-refractivity contribution >= 4 is 17.7 Å². The molecule has 4 heterocycles. The lowest BCUT2D eigenvalue weighted by molar-refractivity contribution is -0.126. The van der Waals surface area contributed by atoms with Gasteiger partial charge in [0.1, 0.15) is 17.0 Å². The summed E-state index contributed by atoms with van der Waals surface area (Å²) in [5.74, 6) is 2.28. The highest BCUT2D eigenvalue weighted by atomic mass is 16.5. The summed E-state index contributed by atoms with van der Waals surface area (Å²) in [6, 6.07) is 12.0. The summed E-state index contributed by atoms with van der Waals surface area (Å²) in [5, 5.41) is 0. The van der Waals surface area contributed by atoms with E-state index in [1.165, 1.54) is 0 Å². The molecule has 0 saturated carbocycles. The second-order valence-corrected chi connectivity index (χ2v) is 7.71. The van der Waals surface area contributed by atoms with E-state index in [0.29, 0.717) is 12.0 Å². The number of anilines is 1. The van der Waals surface area contributed by atoms with Crippen LogP contribution >= 0.6 is 0 Å². The lowest BCUT2D eigenvalue weighted by Gasteiger charge is -2.32. The van der Waals surface area contributed by atoms with Crippen LogP contribution < -0.4 is 9.64 Å². The van der Waals surface area contributed by atoms with E-state index < -0.39 is 0 Å². The number of methoxy groups -OCH3 is 1. The van der Waals surface area contributed by atoms with Gasteiger partial charge in [-0.1, -0.05) is 12.1 Å². The zero-order chi connectivity index (χ0) is 18.4. The van der Waals surface area contributed by atoms with E-state index in [-0.39, 0.29) is 11.4 Å². The summed E-state index contributed by atoms with van der Waals surface area (Å²) in [5.41, 5.74) is 0.610. The highest BCUT2D eigenvalue weighted by Gasteiger charge is 2.64. The van der Waals surface area contributed by atoms with Gasteiger partial charge in [0.15, 0.2) is 0 Å². The summed E-state index contributed by atoms with van der Waals surface area (Å²) in [4.78, 5) is 18.0. The molecule has 3 aliphatic heterocycles. The molecule has 3 saturated heterocycles. The molecule has 0 bridgehead atoms. The lowest BCUT2D eigenvalue weighted by atomic mass is 9.85. The second kappa shape index (κ2) is 6.27. The van der Waals surface area contributed by atoms with Crippen molar-refractivity contribution in [1.82, 2.24) is 4.90 Å². The number of nitrogens with zero attached hydrogens (tertiary/aromatic N) is 2. The highest BCUT2D eigenvalue weighted by Crippen LogP contribution is 2.52. The first kappa shape index (κ1) is 16.6. The maximum Gasteiger partial charge on any atom is 0.247 e. The van der Waals surface area contributed by atoms with Crippen molar-refractivity contribution in [2.24, 2.45) is 5.92 Å². The van der Waals surface area contributed by atoms with Crippen LogP contribution in [0.3, 0.4) is 0 Å². The van der Waals surface area contributed by atoms with Gasteiger partial charge in [-0.25, -0.2) is 0 Å². The fourth-order valence-corrected chi connectivity index (χ4v) is 5.32. The third kappa shape index (κ3) is 2.45. The van der Waals surface area contributed by atoms with Crippen molar-refractivity contribution in [1.29, 1.82) is 0 Å². The molecule has 5 nitrogen and oxygen atoms in total. The number of rotatable bonds is 4. The quantitative estimate of drug-likeness (QED) is 0.832. The zero-order valence-corrected chi connectivity index (χ0v) is 15.5. The highest BCUT2D eigenvalue weighted by molar-refractivity contribution is 6.04. The molecule has 1 aromatic heterocycles. The normalized spacial score (nSPS) is 30.3. The van der Waals surface area contributed by atoms with E-state index in [1.807, 2.05) is 47.4 Å². The van der Waals surface area contributed by atoms with Crippen molar-refractivity contribution in [3.05, 3.63) is 54.5 Å². The van der Waals surface area contributed by atoms with Crippen molar-refractivity contribution in [2.75, 3.05) is 25.1 Å². The van der Waals surface area contributed by atoms with Crippen LogP contribution in [0.5, 0.6) is 5.75 Å². The Labute approximate surface area is 159 Å². The first-order valence-corrected chi connectivity index (χ1v) is 9.67. The third-order valence-corrected chi connectivity index (χ3v) is 6.48. The average molecular weight is 364 g/mol. The van der Waals surface area contributed by atoms with Crippen LogP contribution in [0.2, 0.25) is 0 Å². The van der Waals surface area contributed by atoms with Gasteiger partial charge in [-0.15, -0.1) is 0 Å². The number of ether oxygens (including phenoxy) is 1. The Balaban J connectivity index is 1.43. The fraction of sp³-hybridized carbons (Fsp3) is 0.409. The molecular formula is C22H24N2O3. The molecule has 5 heteroatoms. The van der Waals surface area contributed by atoms with Crippen LogP contribution in [-0.4, -0.2) is 42.6 Å². The molecule has 0 radical (unpaired) electrons. The number of hydrogen-bond acceptors (Lipinski definition) is 4. The molecule has 0 unspecified atom stereocenters. The molecule has 3 atom stereocenters. The Kier molecular flexibility index (Phi) is 3.86. The van der Waals surface area contributed by atoms with Gasteiger partial charge in [0.05, 0.1) is 13.4 Å². The third-order valence-electron chi connectivity index (χ3n) is 6.48. The monoisotopic (exact) mass is 364 g/mol. The maximum absolute atomic E-state index is 13.6. The number of hydrogen-bond donors (Lipinski definition) is 0. The molecule has 27 heavy (non-hydrogen) atoms. The van der Waals surface area contributed by atoms with E-state index in [4.69, 9.17) is 9.15 Å². The van der Waals surface area contributed by atoms with E-state index in [9.17, 15) is 4.79 Å². The minimum Gasteiger partial charge on any atom is -0.497 e. The number of benzene rings is 1. The second-order valence-electron chi connectivity index (χ2n) is 7.71. The predicted molar refractivity (Wildman–Crippen MR) is 104 cm³/mol. The van der Waals surface area contributed by atoms with Gasteiger partial charge >= 0.3 is 0 Å². The van der Waals surface area contributed by atoms with Crippen molar-refractivity contribution in [2.45, 2.75) is 30.8 Å². The molecule has 0 N–H and O–H groups in total. The zero-order valence-electron chi connectivity index (χ0n) is 15.5. The SMILES string of the molecule is COc1cccc(N2C[C@@H]3C[C@@H](/C=C/c4ccco4)N4CCC[C@@]34C2=O)c1. The topological polar surface area (TPSA) is 45.9 Å². The smallest absolute Gasteiger partial charge is 0.247 e. The molecule has 0 aliphatic carbocycles. The average Bonchev–Trinajstić information content (AvgIpc) is 3.44. The van der Waals surface area contributed by atoms with Gasteiger partial charge < -0.3 is 14.1 Å². The maximum atomic E-state index is 13.6. The molecule has 5 rings (SSSR count). The van der Waals surface area contributed by atoms with Gasteiger partial charge in [0.2, 0.25) is 5.91 Å². The first-order valence-electron chi connectivity index (χ1n) is 9.67. The number of furan rings is 1. The number of carbonyl (C=O) groups excluding carboxylic acids is 1. The Morgan fingerprint density at radius 1 is 1.30 bits per heavy atom. The summed E-state index contributed by atoms with van der Waals surface area (Å²) >= 11 is 0. The number of carbonyl (C=O) groups is 1. The molecular weight excluding hydrogens is 340 g/mol. The molecule has 1 aromatic carbocycles. The van der Waals surface area contributed by atoms with E-state index in [0.717, 1.165) is 49.5 Å². The molecule has 140 valence electrons. The van der Waals surface area contributed by atoms with Gasteiger partial charge in [-0.05, 0) is 56.1 Å². The minimum absolute atomic E-state index is 0.257. The fourth-order valence-electron chi connectivity index (χ4n) is 5.32. The van der Waals surface area contributed by atoms with Gasteiger partial charge in [-0.2, -0.15) is 0 Å². The largest absolute Gasteiger partial charge is 0.497 e. The summed E-state index contributed by atoms with van der Waals surface area (Å²) in [6.45, 7) is 1.77. The minimum atomic E-state index is -0.332. The van der Waals surface area contributed by atoms with Gasteiger partial charge in [-0.3, -0.25) is 9.69 Å². The summed E-state index contributed by atoms with van der Waals surface area (Å²) in [6.07, 6.45) is 9.01. The molecule has 3 fully saturated rings. The van der Waals surface area contributed by atoms with E-state index in [1.54, 1.807) is 13.4 Å². The molecule has 2 aromatic rings. The Morgan fingerprint density at radius 2 is 2.22 bits per heavy atom. The van der Waals surface area contributed by atoms with Gasteiger partial charge in [0.25, 0.3) is 0 Å². The summed E-state index contributed by atoms with van der Waals surface area (Å²) in [7, 11) is 1.66. The Hall–Kier alpha value is -2.53. The standard InChI is InChI=1S/C22H24N2O3/c1-26-20-6-2-5-17(14-20)23-15-16-13-18(8-9-19-7-3-12-27-19)24-11-4-10-22(16,24)21(23)25/h2-3,5-9,12,14,16,18H,4,10-11,13,15H2,1H3/b9-8+/t16-,18+,22-/m0/s1. The van der Waals surface area contributed by atoms with E-state index >= 15 is 0 Å². The predicted octanol–water partition coefficient (Wildman–Crippen LogP) is 3.57. The lowest BCUT2D eigenvalue weighted by Crippen LogP contribution is -2.51. The Bertz CT molecular complexity index is 875. The van der Waals surface area contributed by atoms with Crippen LogP contribution in [0.15, 0.2) is 53.2 Å². The molecule has 3 aliphatic rings. The van der Waals surface area contributed by atoms with Crippen molar-refractivity contribution in [3.63, 3.8) is 0 Å². The number of amides is 1. The molecule has 1 spiro atoms. The van der Waals surface area contributed by atoms with Crippen LogP contribution in [-0.2, 0) is 4.79 Å². The Morgan fingerprint density at radius 3 is 3.04 bits per heavy atom. The van der Waals surface area contributed by atoms with Crippen LogP contribution in [0.4, 0.5) is 5.69 Å². The molecule has 1 amide bonds.